The second-order valence-electron chi connectivity index (χ2n) is 4.28. The number of fused-ring (bicyclic) bond motifs is 2. The zero-order valence-corrected chi connectivity index (χ0v) is 8.70. The predicted molar refractivity (Wildman–Crippen MR) is 52.9 cm³/mol. The minimum Gasteiger partial charge on any atom is -0.388 e. The summed E-state index contributed by atoms with van der Waals surface area (Å²) in [7, 11) is -3.57. The van der Waals surface area contributed by atoms with E-state index in [1.807, 2.05) is 6.08 Å². The number of allylic oxidation sites excluding steroid dienone is 1. The molecule has 0 aromatic carbocycles. The van der Waals surface area contributed by atoms with Crippen molar-refractivity contribution < 1.29 is 13.5 Å². The van der Waals surface area contributed by atoms with E-state index in [2.05, 4.69) is 0 Å². The Morgan fingerprint density at radius 3 is 2.71 bits per heavy atom. The van der Waals surface area contributed by atoms with Gasteiger partial charge < -0.3 is 5.11 Å². The molecule has 2 aliphatic rings. The van der Waals surface area contributed by atoms with Crippen molar-refractivity contribution in [3.63, 3.8) is 0 Å². The van der Waals surface area contributed by atoms with E-state index in [-0.39, 0.29) is 5.75 Å². The summed E-state index contributed by atoms with van der Waals surface area (Å²) < 4.78 is 21.6. The maximum Gasteiger partial charge on any atom is 0.211 e. The van der Waals surface area contributed by atoms with Gasteiger partial charge in [-0.3, -0.25) is 0 Å². The van der Waals surface area contributed by atoms with E-state index in [1.54, 1.807) is 0 Å². The third-order valence-corrected chi connectivity index (χ3v) is 3.93. The molecule has 1 fully saturated rings. The number of aliphatic hydroxyl groups excluding tert-OH is 1. The lowest BCUT2D eigenvalue weighted by molar-refractivity contribution is 0.220. The molecule has 4 nitrogen and oxygen atoms in total. The van der Waals surface area contributed by atoms with Crippen molar-refractivity contribution in [1.82, 2.24) is 0 Å². The summed E-state index contributed by atoms with van der Waals surface area (Å²) in [6.45, 7) is 0. The second kappa shape index (κ2) is 3.32. The summed E-state index contributed by atoms with van der Waals surface area (Å²) in [5.41, 5.74) is 0.898. The van der Waals surface area contributed by atoms with Crippen molar-refractivity contribution in [2.75, 3.05) is 5.75 Å². The van der Waals surface area contributed by atoms with Crippen LogP contribution in [-0.2, 0) is 10.0 Å². The second-order valence-corrected chi connectivity index (χ2v) is 5.94. The van der Waals surface area contributed by atoms with Gasteiger partial charge in [0.15, 0.2) is 0 Å². The van der Waals surface area contributed by atoms with Crippen LogP contribution in [0.3, 0.4) is 0 Å². The highest BCUT2D eigenvalue weighted by Gasteiger charge is 2.36. The molecule has 0 aromatic rings. The van der Waals surface area contributed by atoms with Gasteiger partial charge in [-0.25, -0.2) is 13.6 Å². The highest BCUT2D eigenvalue weighted by atomic mass is 32.2. The number of hydrogen-bond acceptors (Lipinski definition) is 3. The van der Waals surface area contributed by atoms with Crippen molar-refractivity contribution in [1.29, 1.82) is 0 Å². The fourth-order valence-electron chi connectivity index (χ4n) is 2.58. The predicted octanol–water partition coefficient (Wildman–Crippen LogP) is -0.00790. The number of primary sulfonamides is 1. The zero-order chi connectivity index (χ0) is 10.3. The van der Waals surface area contributed by atoms with Gasteiger partial charge in [-0.2, -0.15) is 0 Å². The molecule has 0 heterocycles. The standard InChI is InChI=1S/C9H15NO3S/c10-14(12,13)5-9(11)8-4-6-1-2-7(8)3-6/h4,6-7,9,11H,1-3,5H2,(H2,10,12,13). The third-order valence-electron chi connectivity index (χ3n) is 3.15. The fraction of sp³-hybridized carbons (Fsp3) is 0.778. The van der Waals surface area contributed by atoms with E-state index in [0.29, 0.717) is 11.8 Å². The number of sulfonamides is 1. The van der Waals surface area contributed by atoms with E-state index >= 15 is 0 Å². The molecule has 5 heteroatoms. The van der Waals surface area contributed by atoms with Gasteiger partial charge in [0.05, 0.1) is 11.9 Å². The van der Waals surface area contributed by atoms with Crippen LogP contribution < -0.4 is 5.14 Å². The quantitative estimate of drug-likeness (QED) is 0.652. The summed E-state index contributed by atoms with van der Waals surface area (Å²) in [5.74, 6) is 0.615. The van der Waals surface area contributed by atoms with Crippen molar-refractivity contribution in [2.24, 2.45) is 17.0 Å². The molecule has 80 valence electrons. The maximum atomic E-state index is 10.8. The van der Waals surface area contributed by atoms with E-state index in [0.717, 1.165) is 18.4 Å². The highest BCUT2D eigenvalue weighted by Crippen LogP contribution is 2.44. The van der Waals surface area contributed by atoms with Gasteiger partial charge in [-0.1, -0.05) is 6.08 Å². The maximum absolute atomic E-state index is 10.8. The average molecular weight is 217 g/mol. The van der Waals surface area contributed by atoms with Gasteiger partial charge in [0, 0.05) is 0 Å². The first-order valence-corrected chi connectivity index (χ1v) is 6.57. The molecule has 0 aromatic heterocycles. The number of hydrogen-bond donors (Lipinski definition) is 2. The number of nitrogens with two attached hydrogens (primary N) is 1. The van der Waals surface area contributed by atoms with Crippen molar-refractivity contribution in [3.8, 4) is 0 Å². The third kappa shape index (κ3) is 1.99. The molecule has 0 aliphatic heterocycles. The van der Waals surface area contributed by atoms with Gasteiger partial charge in [0.2, 0.25) is 10.0 Å². The Kier molecular flexibility index (Phi) is 2.41. The van der Waals surface area contributed by atoms with E-state index in [4.69, 9.17) is 5.14 Å². The zero-order valence-electron chi connectivity index (χ0n) is 7.89. The molecule has 0 saturated heterocycles. The van der Waals surface area contributed by atoms with Gasteiger partial charge in [0.1, 0.15) is 0 Å². The molecule has 0 amide bonds. The lowest BCUT2D eigenvalue weighted by Crippen LogP contribution is -2.29. The summed E-state index contributed by atoms with van der Waals surface area (Å²) in [4.78, 5) is 0. The molecule has 1 saturated carbocycles. The number of rotatable bonds is 3. The fourth-order valence-corrected chi connectivity index (χ4v) is 3.21. The molecule has 2 rings (SSSR count). The Hall–Kier alpha value is -0.390. The Bertz CT molecular complexity index is 360. The number of aliphatic hydroxyl groups is 1. The van der Waals surface area contributed by atoms with Gasteiger partial charge >= 0.3 is 0 Å². The molecule has 3 unspecified atom stereocenters. The molecule has 2 aliphatic carbocycles. The van der Waals surface area contributed by atoms with Crippen molar-refractivity contribution >= 4 is 10.0 Å². The molecule has 14 heavy (non-hydrogen) atoms. The molecule has 2 bridgehead atoms. The average Bonchev–Trinajstić information content (AvgIpc) is 2.59. The topological polar surface area (TPSA) is 80.4 Å². The molecule has 3 atom stereocenters. The lowest BCUT2D eigenvalue weighted by atomic mass is 9.95. The Morgan fingerprint density at radius 2 is 2.29 bits per heavy atom. The lowest BCUT2D eigenvalue weighted by Gasteiger charge is -2.18. The van der Waals surface area contributed by atoms with Crippen LogP contribution in [0.25, 0.3) is 0 Å². The molecular weight excluding hydrogens is 202 g/mol. The van der Waals surface area contributed by atoms with Gasteiger partial charge in [0.25, 0.3) is 0 Å². The van der Waals surface area contributed by atoms with E-state index < -0.39 is 16.1 Å². The van der Waals surface area contributed by atoms with Crippen LogP contribution >= 0.6 is 0 Å². The van der Waals surface area contributed by atoms with E-state index in [9.17, 15) is 13.5 Å². The summed E-state index contributed by atoms with van der Waals surface area (Å²) in [6.07, 6.45) is 4.48. The van der Waals surface area contributed by atoms with Crippen LogP contribution in [0.5, 0.6) is 0 Å². The Morgan fingerprint density at radius 1 is 1.57 bits per heavy atom. The molecule has 0 radical (unpaired) electrons. The van der Waals surface area contributed by atoms with Crippen molar-refractivity contribution in [2.45, 2.75) is 25.4 Å². The van der Waals surface area contributed by atoms with Crippen LogP contribution in [-0.4, -0.2) is 25.4 Å². The first-order chi connectivity index (χ1) is 6.46. The van der Waals surface area contributed by atoms with Crippen molar-refractivity contribution in [3.05, 3.63) is 11.6 Å². The van der Waals surface area contributed by atoms with Crippen LogP contribution in [0.4, 0.5) is 0 Å². The molecular formula is C9H15NO3S. The first kappa shape index (κ1) is 10.1. The summed E-state index contributed by atoms with van der Waals surface area (Å²) in [5, 5.41) is 14.6. The minimum absolute atomic E-state index is 0.345. The van der Waals surface area contributed by atoms with Crippen LogP contribution in [0.15, 0.2) is 11.6 Å². The summed E-state index contributed by atoms with van der Waals surface area (Å²) in [6, 6.07) is 0. The SMILES string of the molecule is NS(=O)(=O)CC(O)C1=CC2CCC1C2. The van der Waals surface area contributed by atoms with Gasteiger partial charge in [-0.15, -0.1) is 0 Å². The molecule has 0 spiro atoms. The normalized spacial score (nSPS) is 33.1. The largest absolute Gasteiger partial charge is 0.388 e. The molecule has 3 N–H and O–H groups in total. The monoisotopic (exact) mass is 217 g/mol. The highest BCUT2D eigenvalue weighted by molar-refractivity contribution is 7.89. The summed E-state index contributed by atoms with van der Waals surface area (Å²) >= 11 is 0. The Balaban J connectivity index is 2.06. The minimum atomic E-state index is -3.57. The Labute approximate surface area is 83.9 Å². The van der Waals surface area contributed by atoms with Crippen LogP contribution in [0, 0.1) is 11.8 Å². The van der Waals surface area contributed by atoms with Crippen LogP contribution in [0.1, 0.15) is 19.3 Å². The van der Waals surface area contributed by atoms with Crippen LogP contribution in [0.2, 0.25) is 0 Å². The van der Waals surface area contributed by atoms with E-state index in [1.165, 1.54) is 6.42 Å². The van der Waals surface area contributed by atoms with Gasteiger partial charge in [-0.05, 0) is 36.7 Å². The smallest absolute Gasteiger partial charge is 0.211 e. The first-order valence-electron chi connectivity index (χ1n) is 4.86.